The van der Waals surface area contributed by atoms with Crippen molar-refractivity contribution < 1.29 is 49.1 Å². The number of Topliss-reactive ketones (excluding diaryl/α,β-unsaturated/α-hetero) is 2. The van der Waals surface area contributed by atoms with Crippen LogP contribution in [0.4, 0.5) is 0 Å². The van der Waals surface area contributed by atoms with Crippen molar-refractivity contribution in [3.8, 4) is 23.0 Å². The summed E-state index contributed by atoms with van der Waals surface area (Å²) in [5, 5.41) is 54.0. The van der Waals surface area contributed by atoms with Crippen LogP contribution in [0.2, 0.25) is 0 Å². The van der Waals surface area contributed by atoms with Gasteiger partial charge in [-0.2, -0.15) is 0 Å². The number of hydrogen-bond acceptors (Lipinski definition) is 11. The van der Waals surface area contributed by atoms with E-state index in [9.17, 15) is 44.7 Å². The average molecular weight is 571 g/mol. The standard InChI is InChI=1S/C31H22O11/c1-11-7-15-21(17(34)8-11)28(39)31(40)27(38)14-5-6-30(31,29(15)41-12(2)32)10-13-9-19-23(25(36)20(13)14)26(37)22-18(42-19)4-3-16(33)24(22)35/h3-9,14,29,33-36,40H,10H2,1-2H3. The van der Waals surface area contributed by atoms with Crippen LogP contribution in [0, 0.1) is 12.3 Å². The molecule has 0 amide bonds. The molecule has 0 saturated heterocycles. The zero-order valence-corrected chi connectivity index (χ0v) is 22.1. The smallest absolute Gasteiger partial charge is 0.303 e. The Kier molecular flexibility index (Phi) is 4.90. The topological polar surface area (TPSA) is 192 Å². The van der Waals surface area contributed by atoms with Gasteiger partial charge >= 0.3 is 5.97 Å². The number of carbonyl (C=O) groups is 3. The molecule has 1 spiro atoms. The van der Waals surface area contributed by atoms with Crippen LogP contribution in [0.25, 0.3) is 21.9 Å². The molecule has 1 aromatic heterocycles. The van der Waals surface area contributed by atoms with E-state index in [0.717, 1.165) is 13.0 Å². The van der Waals surface area contributed by atoms with Gasteiger partial charge in [0.2, 0.25) is 11.2 Å². The Hall–Kier alpha value is -5.16. The van der Waals surface area contributed by atoms with Crippen LogP contribution >= 0.6 is 0 Å². The number of aliphatic hydroxyl groups is 1. The van der Waals surface area contributed by atoms with Crippen molar-refractivity contribution in [3.63, 3.8) is 0 Å². The van der Waals surface area contributed by atoms with Crippen LogP contribution in [-0.4, -0.2) is 48.7 Å². The van der Waals surface area contributed by atoms with E-state index in [0.29, 0.717) is 5.56 Å². The predicted octanol–water partition coefficient (Wildman–Crippen LogP) is 3.07. The fraction of sp³-hybridized carbons (Fsp3) is 0.226. The summed E-state index contributed by atoms with van der Waals surface area (Å²) in [7, 11) is 0. The number of carbonyl (C=O) groups excluding carboxylic acids is 3. The minimum atomic E-state index is -2.84. The third kappa shape index (κ3) is 2.87. The van der Waals surface area contributed by atoms with Crippen molar-refractivity contribution in [2.75, 3.05) is 0 Å². The van der Waals surface area contributed by atoms with Crippen molar-refractivity contribution in [1.29, 1.82) is 0 Å². The molecule has 212 valence electrons. The monoisotopic (exact) mass is 570 g/mol. The first kappa shape index (κ1) is 25.8. The summed E-state index contributed by atoms with van der Waals surface area (Å²) in [6, 6.07) is 6.62. The van der Waals surface area contributed by atoms with Gasteiger partial charge < -0.3 is 34.7 Å². The first-order valence-electron chi connectivity index (χ1n) is 13.0. The van der Waals surface area contributed by atoms with Crippen molar-refractivity contribution >= 4 is 39.5 Å². The molecule has 0 saturated carbocycles. The van der Waals surface area contributed by atoms with Crippen LogP contribution in [0.15, 0.2) is 51.7 Å². The van der Waals surface area contributed by atoms with Crippen LogP contribution in [-0.2, 0) is 20.7 Å². The summed E-state index contributed by atoms with van der Waals surface area (Å²) < 4.78 is 11.6. The Morgan fingerprint density at radius 1 is 0.976 bits per heavy atom. The maximum absolute atomic E-state index is 14.2. The Bertz CT molecular complexity index is 2070. The Morgan fingerprint density at radius 2 is 1.69 bits per heavy atom. The van der Waals surface area contributed by atoms with Gasteiger partial charge in [0.25, 0.3) is 0 Å². The number of phenols is 4. The maximum atomic E-state index is 14.2. The van der Waals surface area contributed by atoms with Gasteiger partial charge in [-0.25, -0.2) is 0 Å². The van der Waals surface area contributed by atoms with E-state index >= 15 is 0 Å². The van der Waals surface area contributed by atoms with E-state index in [2.05, 4.69) is 0 Å². The van der Waals surface area contributed by atoms with Gasteiger partial charge in [-0.3, -0.25) is 19.2 Å². The fourth-order valence-electron chi connectivity index (χ4n) is 7.01. The molecule has 1 heterocycles. The maximum Gasteiger partial charge on any atom is 0.303 e. The summed E-state index contributed by atoms with van der Waals surface area (Å²) >= 11 is 0. The predicted molar refractivity (Wildman–Crippen MR) is 145 cm³/mol. The van der Waals surface area contributed by atoms with Crippen LogP contribution in [0.1, 0.15) is 51.6 Å². The van der Waals surface area contributed by atoms with Crippen LogP contribution in [0.3, 0.4) is 0 Å². The minimum Gasteiger partial charge on any atom is -0.507 e. The highest BCUT2D eigenvalue weighted by atomic mass is 16.5. The van der Waals surface area contributed by atoms with Gasteiger partial charge in [-0.1, -0.05) is 18.2 Å². The second-order valence-electron chi connectivity index (χ2n) is 11.1. The Morgan fingerprint density at radius 3 is 2.40 bits per heavy atom. The molecule has 11 nitrogen and oxygen atoms in total. The molecule has 3 aromatic carbocycles. The summed E-state index contributed by atoms with van der Waals surface area (Å²) in [6.07, 6.45) is 1.07. The normalized spacial score (nSPS) is 25.7. The quantitative estimate of drug-likeness (QED) is 0.0743. The zero-order valence-electron chi connectivity index (χ0n) is 22.1. The zero-order chi connectivity index (χ0) is 30.0. The number of aryl methyl sites for hydroxylation is 1. The molecule has 4 aliphatic carbocycles. The number of esters is 1. The Labute approximate surface area is 235 Å². The molecular formula is C31H22O11. The lowest BCUT2D eigenvalue weighted by Crippen LogP contribution is -2.66. The van der Waals surface area contributed by atoms with Gasteiger partial charge in [0, 0.05) is 18.1 Å². The number of phenolic OH excluding ortho intramolecular Hbond substituents is 4. The van der Waals surface area contributed by atoms with Gasteiger partial charge in [-0.05, 0) is 48.7 Å². The van der Waals surface area contributed by atoms with Crippen LogP contribution < -0.4 is 5.43 Å². The molecule has 42 heavy (non-hydrogen) atoms. The van der Waals surface area contributed by atoms with Crippen molar-refractivity contribution in [1.82, 2.24) is 0 Å². The molecule has 4 aromatic rings. The molecule has 11 heteroatoms. The summed E-state index contributed by atoms with van der Waals surface area (Å²) in [6.45, 7) is 2.79. The number of fused-ring (bicyclic) bond motifs is 3. The second kappa shape index (κ2) is 7.98. The molecule has 0 radical (unpaired) electrons. The van der Waals surface area contributed by atoms with E-state index in [1.165, 1.54) is 36.4 Å². The molecule has 0 fully saturated rings. The van der Waals surface area contributed by atoms with Gasteiger partial charge in [0.1, 0.15) is 39.5 Å². The Balaban J connectivity index is 1.58. The number of benzene rings is 3. The van der Waals surface area contributed by atoms with Crippen molar-refractivity contribution in [2.24, 2.45) is 5.41 Å². The van der Waals surface area contributed by atoms with E-state index < -0.39 is 74.4 Å². The SMILES string of the molecule is CC(=O)OC1c2cc(C)cc(O)c2C(=O)C2(O)C(=O)C3C=CC12Cc1cc2oc4ccc(O)c(O)c4c(=O)c2c(O)c13. The summed E-state index contributed by atoms with van der Waals surface area (Å²) in [5.74, 6) is -6.83. The van der Waals surface area contributed by atoms with Gasteiger partial charge in [0.05, 0.1) is 16.9 Å². The van der Waals surface area contributed by atoms with Crippen molar-refractivity contribution in [2.45, 2.75) is 37.9 Å². The van der Waals surface area contributed by atoms with E-state index in [4.69, 9.17) is 9.15 Å². The number of rotatable bonds is 1. The average Bonchev–Trinajstić information content (AvgIpc) is 3.13. The lowest BCUT2D eigenvalue weighted by molar-refractivity contribution is -0.172. The number of allylic oxidation sites excluding steroid dienone is 1. The molecule has 0 aliphatic heterocycles. The summed E-state index contributed by atoms with van der Waals surface area (Å²) in [4.78, 5) is 54.2. The number of ketones is 2. The van der Waals surface area contributed by atoms with E-state index in [1.54, 1.807) is 6.92 Å². The lowest BCUT2D eigenvalue weighted by Gasteiger charge is -2.52. The number of ether oxygens (including phenoxy) is 1. The molecule has 4 atom stereocenters. The molecule has 4 unspecified atom stereocenters. The second-order valence-corrected chi connectivity index (χ2v) is 11.1. The number of aromatic hydroxyl groups is 4. The molecule has 2 bridgehead atoms. The number of hydrogen-bond donors (Lipinski definition) is 5. The molecule has 5 N–H and O–H groups in total. The van der Waals surface area contributed by atoms with E-state index in [1.807, 2.05) is 0 Å². The molecule has 8 rings (SSSR count). The third-order valence-electron chi connectivity index (χ3n) is 8.76. The summed E-state index contributed by atoms with van der Waals surface area (Å²) in [5.41, 5.74) is -5.40. The first-order chi connectivity index (χ1) is 19.8. The highest BCUT2D eigenvalue weighted by Gasteiger charge is 2.71. The minimum absolute atomic E-state index is 0.0754. The van der Waals surface area contributed by atoms with Crippen molar-refractivity contribution in [3.05, 3.63) is 80.5 Å². The first-order valence-corrected chi connectivity index (χ1v) is 13.0. The lowest BCUT2D eigenvalue weighted by atomic mass is 9.53. The largest absolute Gasteiger partial charge is 0.507 e. The third-order valence-corrected chi connectivity index (χ3v) is 8.76. The van der Waals surface area contributed by atoms with Gasteiger partial charge in [0.15, 0.2) is 22.9 Å². The fourth-order valence-corrected chi connectivity index (χ4v) is 7.01. The van der Waals surface area contributed by atoms with Gasteiger partial charge in [-0.15, -0.1) is 0 Å². The highest BCUT2D eigenvalue weighted by molar-refractivity contribution is 6.24. The molecule has 4 aliphatic rings. The van der Waals surface area contributed by atoms with Crippen LogP contribution in [0.5, 0.6) is 23.0 Å². The molecular weight excluding hydrogens is 548 g/mol. The van der Waals surface area contributed by atoms with E-state index in [-0.39, 0.29) is 45.2 Å². The highest BCUT2D eigenvalue weighted by Crippen LogP contribution is 2.62.